The second kappa shape index (κ2) is 6.13. The maximum Gasteiger partial charge on any atom is 0.259 e. The zero-order valence-corrected chi connectivity index (χ0v) is 12.4. The molecule has 0 atom stereocenters. The maximum absolute atomic E-state index is 13.6. The molecule has 0 radical (unpaired) electrons. The summed E-state index contributed by atoms with van der Waals surface area (Å²) in [5.41, 5.74) is 6.12. The molecule has 0 bridgehead atoms. The fourth-order valence-electron chi connectivity index (χ4n) is 2.04. The van der Waals surface area contributed by atoms with Gasteiger partial charge < -0.3 is 20.0 Å². The third-order valence-corrected chi connectivity index (χ3v) is 3.35. The van der Waals surface area contributed by atoms with Crippen molar-refractivity contribution in [1.82, 2.24) is 10.5 Å². The van der Waals surface area contributed by atoms with Crippen LogP contribution in [0.25, 0.3) is 11.5 Å². The highest BCUT2D eigenvalue weighted by Gasteiger charge is 2.24. The Labute approximate surface area is 135 Å². The highest BCUT2D eigenvalue weighted by Crippen LogP contribution is 2.30. The fraction of sp³-hybridized carbons (Fsp3) is 0.0667. The van der Waals surface area contributed by atoms with E-state index in [1.807, 2.05) is 0 Å². The number of amides is 1. The molecule has 0 spiro atoms. The highest BCUT2D eigenvalue weighted by atomic mass is 35.5. The molecule has 23 heavy (non-hydrogen) atoms. The number of nitrogen functional groups attached to an aromatic ring is 1. The van der Waals surface area contributed by atoms with Gasteiger partial charge in [0, 0.05) is 12.1 Å². The topological polar surface area (TPSA) is 94.3 Å². The Hall–Kier alpha value is -2.80. The number of furan rings is 1. The number of benzene rings is 1. The molecular formula is C15H11ClFN3O3. The number of aromatic nitrogens is 1. The number of rotatable bonds is 4. The molecule has 0 unspecified atom stereocenters. The third-order valence-electron chi connectivity index (χ3n) is 3.15. The Morgan fingerprint density at radius 3 is 2.78 bits per heavy atom. The third kappa shape index (κ3) is 3.04. The molecule has 0 aliphatic rings. The lowest BCUT2D eigenvalue weighted by Gasteiger charge is -2.06. The number of halogens is 2. The summed E-state index contributed by atoms with van der Waals surface area (Å²) in [5.74, 6) is -0.899. The molecule has 2 aromatic heterocycles. The second-order valence-corrected chi connectivity index (χ2v) is 5.02. The van der Waals surface area contributed by atoms with Crippen LogP contribution < -0.4 is 11.1 Å². The summed E-state index contributed by atoms with van der Waals surface area (Å²) in [5, 5.41) is 6.41. The molecule has 1 amide bonds. The van der Waals surface area contributed by atoms with Gasteiger partial charge in [0.15, 0.2) is 16.7 Å². The van der Waals surface area contributed by atoms with Gasteiger partial charge in [-0.2, -0.15) is 0 Å². The number of nitrogens with zero attached hydrogens (tertiary/aromatic N) is 1. The maximum atomic E-state index is 13.6. The predicted molar refractivity (Wildman–Crippen MR) is 81.2 cm³/mol. The lowest BCUT2D eigenvalue weighted by molar-refractivity contribution is 0.0951. The van der Waals surface area contributed by atoms with Crippen molar-refractivity contribution >= 4 is 23.4 Å². The summed E-state index contributed by atoms with van der Waals surface area (Å²) >= 11 is 5.71. The first-order valence-corrected chi connectivity index (χ1v) is 6.96. The average molecular weight is 336 g/mol. The van der Waals surface area contributed by atoms with Crippen molar-refractivity contribution in [2.24, 2.45) is 0 Å². The van der Waals surface area contributed by atoms with Crippen LogP contribution in [0.4, 0.5) is 10.3 Å². The molecule has 0 aliphatic heterocycles. The summed E-state index contributed by atoms with van der Waals surface area (Å²) in [6, 6.07) is 9.16. The zero-order chi connectivity index (χ0) is 16.4. The summed E-state index contributed by atoms with van der Waals surface area (Å²) in [6.07, 6.45) is 0. The number of hydrogen-bond acceptors (Lipinski definition) is 5. The van der Waals surface area contributed by atoms with Crippen LogP contribution in [0.3, 0.4) is 0 Å². The van der Waals surface area contributed by atoms with Crippen molar-refractivity contribution in [3.63, 3.8) is 0 Å². The van der Waals surface area contributed by atoms with E-state index in [1.54, 1.807) is 18.2 Å². The van der Waals surface area contributed by atoms with E-state index < -0.39 is 11.7 Å². The van der Waals surface area contributed by atoms with Gasteiger partial charge >= 0.3 is 0 Å². The molecule has 118 valence electrons. The number of nitrogens with one attached hydrogen (secondary N) is 1. The van der Waals surface area contributed by atoms with Crippen molar-refractivity contribution in [2.45, 2.75) is 6.54 Å². The summed E-state index contributed by atoms with van der Waals surface area (Å²) in [4.78, 5) is 12.3. The van der Waals surface area contributed by atoms with Crippen LogP contribution >= 0.6 is 11.6 Å². The van der Waals surface area contributed by atoms with E-state index in [2.05, 4.69) is 10.5 Å². The SMILES string of the molecule is Nc1onc(-c2ccc(Cl)o2)c1C(=O)NCc1ccccc1F. The molecular weight excluding hydrogens is 325 g/mol. The van der Waals surface area contributed by atoms with E-state index in [9.17, 15) is 9.18 Å². The first kappa shape index (κ1) is 15.1. The second-order valence-electron chi connectivity index (χ2n) is 4.65. The number of carbonyl (C=O) groups excluding carboxylic acids is 1. The van der Waals surface area contributed by atoms with Gasteiger partial charge in [-0.1, -0.05) is 23.4 Å². The molecule has 0 fully saturated rings. The molecule has 2 heterocycles. The minimum Gasteiger partial charge on any atom is -0.443 e. The molecule has 3 rings (SSSR count). The van der Waals surface area contributed by atoms with E-state index in [-0.39, 0.29) is 34.7 Å². The first-order chi connectivity index (χ1) is 11.1. The van der Waals surface area contributed by atoms with Crippen molar-refractivity contribution < 1.29 is 18.1 Å². The van der Waals surface area contributed by atoms with Crippen LogP contribution in [0.5, 0.6) is 0 Å². The zero-order valence-electron chi connectivity index (χ0n) is 11.7. The Morgan fingerprint density at radius 2 is 2.09 bits per heavy atom. The van der Waals surface area contributed by atoms with Crippen LogP contribution in [0.15, 0.2) is 45.3 Å². The van der Waals surface area contributed by atoms with Gasteiger partial charge in [0.25, 0.3) is 5.91 Å². The standard InChI is InChI=1S/C15H11ClFN3O3/c16-11-6-5-10(22-11)13-12(14(18)23-20-13)15(21)19-7-8-3-1-2-4-9(8)17/h1-6H,7,18H2,(H,19,21). The summed E-state index contributed by atoms with van der Waals surface area (Å²) in [7, 11) is 0. The Bertz CT molecular complexity index is 859. The number of anilines is 1. The molecule has 3 aromatic rings. The van der Waals surface area contributed by atoms with E-state index in [0.717, 1.165) is 0 Å². The van der Waals surface area contributed by atoms with E-state index in [4.69, 9.17) is 26.3 Å². The van der Waals surface area contributed by atoms with Crippen molar-refractivity contribution in [3.05, 3.63) is 58.6 Å². The Balaban J connectivity index is 1.83. The number of carbonyl (C=O) groups is 1. The van der Waals surface area contributed by atoms with Gasteiger partial charge in [-0.15, -0.1) is 0 Å². The van der Waals surface area contributed by atoms with Crippen molar-refractivity contribution in [2.75, 3.05) is 5.73 Å². The normalized spacial score (nSPS) is 10.7. The van der Waals surface area contributed by atoms with Gasteiger partial charge in [0.05, 0.1) is 0 Å². The Morgan fingerprint density at radius 1 is 1.30 bits per heavy atom. The molecule has 0 saturated carbocycles. The summed E-state index contributed by atoms with van der Waals surface area (Å²) in [6.45, 7) is -0.00548. The van der Waals surface area contributed by atoms with Crippen LogP contribution in [0, 0.1) is 5.82 Å². The van der Waals surface area contributed by atoms with E-state index >= 15 is 0 Å². The van der Waals surface area contributed by atoms with Gasteiger partial charge in [0.1, 0.15) is 11.4 Å². The smallest absolute Gasteiger partial charge is 0.259 e. The van der Waals surface area contributed by atoms with Gasteiger partial charge in [-0.3, -0.25) is 4.79 Å². The molecule has 0 aliphatic carbocycles. The molecule has 3 N–H and O–H groups in total. The molecule has 6 nitrogen and oxygen atoms in total. The minimum atomic E-state index is -0.561. The van der Waals surface area contributed by atoms with Crippen LogP contribution in [-0.2, 0) is 6.54 Å². The van der Waals surface area contributed by atoms with Crippen LogP contribution in [-0.4, -0.2) is 11.1 Å². The van der Waals surface area contributed by atoms with Crippen LogP contribution in [0.1, 0.15) is 15.9 Å². The van der Waals surface area contributed by atoms with Crippen molar-refractivity contribution in [1.29, 1.82) is 0 Å². The quantitative estimate of drug-likeness (QED) is 0.763. The molecule has 0 saturated heterocycles. The first-order valence-electron chi connectivity index (χ1n) is 6.58. The number of nitrogens with two attached hydrogens (primary N) is 1. The minimum absolute atomic E-state index is 0.00548. The summed E-state index contributed by atoms with van der Waals surface area (Å²) < 4.78 is 23.6. The molecule has 1 aromatic carbocycles. The molecule has 8 heteroatoms. The van der Waals surface area contributed by atoms with E-state index in [1.165, 1.54) is 18.2 Å². The largest absolute Gasteiger partial charge is 0.443 e. The highest BCUT2D eigenvalue weighted by molar-refractivity contribution is 6.29. The van der Waals surface area contributed by atoms with Crippen molar-refractivity contribution in [3.8, 4) is 11.5 Å². The lowest BCUT2D eigenvalue weighted by Crippen LogP contribution is -2.24. The Kier molecular flexibility index (Phi) is 4.03. The van der Waals surface area contributed by atoms with Crippen LogP contribution in [0.2, 0.25) is 5.22 Å². The monoisotopic (exact) mass is 335 g/mol. The fourth-order valence-corrected chi connectivity index (χ4v) is 2.18. The number of hydrogen-bond donors (Lipinski definition) is 2. The van der Waals surface area contributed by atoms with Gasteiger partial charge in [-0.25, -0.2) is 4.39 Å². The van der Waals surface area contributed by atoms with Gasteiger partial charge in [0.2, 0.25) is 5.88 Å². The lowest BCUT2D eigenvalue weighted by atomic mass is 10.1. The predicted octanol–water partition coefficient (Wildman–Crippen LogP) is 3.24. The average Bonchev–Trinajstić information content (AvgIpc) is 3.12. The van der Waals surface area contributed by atoms with Gasteiger partial charge in [-0.05, 0) is 29.8 Å². The van der Waals surface area contributed by atoms with E-state index in [0.29, 0.717) is 5.56 Å².